The van der Waals surface area contributed by atoms with Crippen LogP contribution in [-0.2, 0) is 4.79 Å². The predicted molar refractivity (Wildman–Crippen MR) is 57.3 cm³/mol. The first-order valence-electron chi connectivity index (χ1n) is 4.63. The van der Waals surface area contributed by atoms with Crippen LogP contribution in [-0.4, -0.2) is 12.9 Å². The highest BCUT2D eigenvalue weighted by Crippen LogP contribution is 2.36. The molecule has 1 fully saturated rings. The summed E-state index contributed by atoms with van der Waals surface area (Å²) in [6, 6.07) is 7.74. The number of hydrogen-bond donors (Lipinski definition) is 0. The second kappa shape index (κ2) is 4.13. The van der Waals surface area contributed by atoms with Crippen LogP contribution in [0.25, 0.3) is 0 Å². The van der Waals surface area contributed by atoms with Gasteiger partial charge < -0.3 is 9.53 Å². The zero-order valence-corrected chi connectivity index (χ0v) is 9.24. The third kappa shape index (κ3) is 2.35. The van der Waals surface area contributed by atoms with Crippen molar-refractivity contribution in [3.05, 3.63) is 28.7 Å². The summed E-state index contributed by atoms with van der Waals surface area (Å²) >= 11 is 3.37. The number of aldehydes is 1. The molecule has 1 aliphatic carbocycles. The van der Waals surface area contributed by atoms with E-state index in [1.807, 2.05) is 24.3 Å². The van der Waals surface area contributed by atoms with Gasteiger partial charge >= 0.3 is 0 Å². The summed E-state index contributed by atoms with van der Waals surface area (Å²) in [7, 11) is 0. The van der Waals surface area contributed by atoms with E-state index in [-0.39, 0.29) is 5.92 Å². The van der Waals surface area contributed by atoms with Crippen LogP contribution in [0.5, 0.6) is 5.75 Å². The Balaban J connectivity index is 1.84. The third-order valence-electron chi connectivity index (χ3n) is 2.41. The second-order valence-corrected chi connectivity index (χ2v) is 4.48. The smallest absolute Gasteiger partial charge is 0.123 e. The maximum absolute atomic E-state index is 10.4. The summed E-state index contributed by atoms with van der Waals surface area (Å²) < 4.78 is 6.57. The van der Waals surface area contributed by atoms with Gasteiger partial charge in [-0.15, -0.1) is 0 Å². The Morgan fingerprint density at radius 3 is 3.07 bits per heavy atom. The highest BCUT2D eigenvalue weighted by atomic mass is 79.9. The lowest BCUT2D eigenvalue weighted by molar-refractivity contribution is -0.109. The Morgan fingerprint density at radius 1 is 1.57 bits per heavy atom. The quantitative estimate of drug-likeness (QED) is 0.773. The van der Waals surface area contributed by atoms with Gasteiger partial charge in [0.05, 0.1) is 6.61 Å². The Morgan fingerprint density at radius 2 is 2.43 bits per heavy atom. The van der Waals surface area contributed by atoms with Crippen molar-refractivity contribution < 1.29 is 9.53 Å². The van der Waals surface area contributed by atoms with Crippen molar-refractivity contribution in [1.29, 1.82) is 0 Å². The molecule has 14 heavy (non-hydrogen) atoms. The molecule has 74 valence electrons. The first kappa shape index (κ1) is 9.71. The standard InChI is InChI=1S/C11H11BrO2/c12-10-2-1-3-11(5-10)14-7-9-4-8(9)6-13/h1-3,5-6,8-9H,4,7H2. The van der Waals surface area contributed by atoms with E-state index < -0.39 is 0 Å². The number of carbonyl (C=O) groups is 1. The lowest BCUT2D eigenvalue weighted by Crippen LogP contribution is -2.01. The molecule has 1 saturated carbocycles. The van der Waals surface area contributed by atoms with E-state index in [1.54, 1.807) is 0 Å². The van der Waals surface area contributed by atoms with Crippen LogP contribution in [0.15, 0.2) is 28.7 Å². The van der Waals surface area contributed by atoms with Gasteiger partial charge in [0.15, 0.2) is 0 Å². The van der Waals surface area contributed by atoms with Gasteiger partial charge in [0, 0.05) is 16.3 Å². The number of halogens is 1. The van der Waals surface area contributed by atoms with E-state index in [1.165, 1.54) is 0 Å². The molecule has 0 heterocycles. The molecule has 2 rings (SSSR count). The monoisotopic (exact) mass is 254 g/mol. The molecule has 1 aliphatic rings. The van der Waals surface area contributed by atoms with Crippen LogP contribution in [0.1, 0.15) is 6.42 Å². The molecule has 2 unspecified atom stereocenters. The minimum absolute atomic E-state index is 0.238. The van der Waals surface area contributed by atoms with E-state index in [9.17, 15) is 4.79 Å². The molecule has 0 spiro atoms. The fourth-order valence-corrected chi connectivity index (χ4v) is 1.77. The number of ether oxygens (including phenoxy) is 1. The van der Waals surface area contributed by atoms with Gasteiger partial charge in [-0.3, -0.25) is 0 Å². The molecule has 0 bridgehead atoms. The fourth-order valence-electron chi connectivity index (χ4n) is 1.39. The van der Waals surface area contributed by atoms with Gasteiger partial charge in [-0.2, -0.15) is 0 Å². The van der Waals surface area contributed by atoms with Crippen LogP contribution in [0, 0.1) is 11.8 Å². The number of carbonyl (C=O) groups excluding carboxylic acids is 1. The maximum atomic E-state index is 10.4. The summed E-state index contributed by atoms with van der Waals surface area (Å²) in [5.41, 5.74) is 0. The average molecular weight is 255 g/mol. The summed E-state index contributed by atoms with van der Waals surface area (Å²) in [6.07, 6.45) is 2.01. The first-order chi connectivity index (χ1) is 6.79. The Bertz CT molecular complexity index is 338. The maximum Gasteiger partial charge on any atom is 0.123 e. The summed E-state index contributed by atoms with van der Waals surface area (Å²) in [6.45, 7) is 0.653. The number of hydrogen-bond acceptors (Lipinski definition) is 2. The SMILES string of the molecule is O=CC1CC1COc1cccc(Br)c1. The first-order valence-corrected chi connectivity index (χ1v) is 5.42. The Kier molecular flexibility index (Phi) is 2.87. The van der Waals surface area contributed by atoms with Crippen LogP contribution >= 0.6 is 15.9 Å². The lowest BCUT2D eigenvalue weighted by Gasteiger charge is -2.04. The highest BCUT2D eigenvalue weighted by Gasteiger charge is 2.37. The molecule has 0 aromatic heterocycles. The van der Waals surface area contributed by atoms with Crippen molar-refractivity contribution in [3.8, 4) is 5.75 Å². The largest absolute Gasteiger partial charge is 0.493 e. The summed E-state index contributed by atoms with van der Waals surface area (Å²) in [5, 5.41) is 0. The Hall–Kier alpha value is -0.830. The van der Waals surface area contributed by atoms with Crippen LogP contribution < -0.4 is 4.74 Å². The zero-order chi connectivity index (χ0) is 9.97. The second-order valence-electron chi connectivity index (χ2n) is 3.56. The lowest BCUT2D eigenvalue weighted by atomic mass is 10.3. The normalized spacial score (nSPS) is 24.4. The summed E-state index contributed by atoms with van der Waals surface area (Å²) in [5.74, 6) is 1.53. The summed E-state index contributed by atoms with van der Waals surface area (Å²) in [4.78, 5) is 10.4. The molecule has 0 amide bonds. The van der Waals surface area contributed by atoms with E-state index in [0.717, 1.165) is 22.9 Å². The Labute approximate surface area is 91.4 Å². The van der Waals surface area contributed by atoms with Crippen LogP contribution in [0.4, 0.5) is 0 Å². The van der Waals surface area contributed by atoms with Gasteiger partial charge in [0.1, 0.15) is 12.0 Å². The van der Waals surface area contributed by atoms with E-state index in [0.29, 0.717) is 12.5 Å². The van der Waals surface area contributed by atoms with E-state index in [4.69, 9.17) is 4.74 Å². The van der Waals surface area contributed by atoms with Crippen molar-refractivity contribution in [2.75, 3.05) is 6.61 Å². The highest BCUT2D eigenvalue weighted by molar-refractivity contribution is 9.10. The molecular weight excluding hydrogens is 244 g/mol. The van der Waals surface area contributed by atoms with E-state index >= 15 is 0 Å². The molecule has 0 saturated heterocycles. The third-order valence-corrected chi connectivity index (χ3v) is 2.91. The van der Waals surface area contributed by atoms with E-state index in [2.05, 4.69) is 15.9 Å². The van der Waals surface area contributed by atoms with Crippen LogP contribution in [0.2, 0.25) is 0 Å². The molecule has 2 nitrogen and oxygen atoms in total. The average Bonchev–Trinajstić information content (AvgIpc) is 2.93. The van der Waals surface area contributed by atoms with Crippen molar-refractivity contribution in [1.82, 2.24) is 0 Å². The molecule has 0 radical (unpaired) electrons. The minimum Gasteiger partial charge on any atom is -0.493 e. The molecule has 1 aromatic carbocycles. The molecule has 0 aliphatic heterocycles. The van der Waals surface area contributed by atoms with Gasteiger partial charge in [0.2, 0.25) is 0 Å². The van der Waals surface area contributed by atoms with Gasteiger partial charge in [-0.25, -0.2) is 0 Å². The van der Waals surface area contributed by atoms with Crippen molar-refractivity contribution in [2.45, 2.75) is 6.42 Å². The molecule has 3 heteroatoms. The topological polar surface area (TPSA) is 26.3 Å². The van der Waals surface area contributed by atoms with Gasteiger partial charge in [0.25, 0.3) is 0 Å². The van der Waals surface area contributed by atoms with Gasteiger partial charge in [-0.1, -0.05) is 22.0 Å². The molecule has 2 atom stereocenters. The van der Waals surface area contributed by atoms with Gasteiger partial charge in [-0.05, 0) is 24.6 Å². The van der Waals surface area contributed by atoms with Crippen molar-refractivity contribution in [3.63, 3.8) is 0 Å². The van der Waals surface area contributed by atoms with Crippen molar-refractivity contribution in [2.24, 2.45) is 11.8 Å². The molecule has 0 N–H and O–H groups in total. The molecule has 1 aromatic rings. The fraction of sp³-hybridized carbons (Fsp3) is 0.364. The molecular formula is C11H11BrO2. The van der Waals surface area contributed by atoms with Crippen LogP contribution in [0.3, 0.4) is 0 Å². The number of rotatable bonds is 4. The minimum atomic E-state index is 0.238. The number of benzene rings is 1. The zero-order valence-electron chi connectivity index (χ0n) is 7.65. The van der Waals surface area contributed by atoms with Crippen molar-refractivity contribution >= 4 is 22.2 Å². The predicted octanol–water partition coefficient (Wildman–Crippen LogP) is 2.66.